The molecule has 0 saturated heterocycles. The van der Waals surface area contributed by atoms with E-state index in [1.165, 1.54) is 19.5 Å². The van der Waals surface area contributed by atoms with Gasteiger partial charge in [-0.25, -0.2) is 15.0 Å². The molecular weight excluding hydrogens is 464 g/mol. The lowest BCUT2D eigenvalue weighted by atomic mass is 10.1. The summed E-state index contributed by atoms with van der Waals surface area (Å²) in [6.45, 7) is 1.64. The first-order chi connectivity index (χ1) is 15.0. The number of nitrogens with zero attached hydrogens (tertiary/aromatic N) is 5. The van der Waals surface area contributed by atoms with Crippen molar-refractivity contribution in [3.8, 4) is 17.1 Å². The second kappa shape index (κ2) is 8.94. The number of rotatable bonds is 4. The molecule has 160 valence electrons. The van der Waals surface area contributed by atoms with Crippen LogP contribution in [-0.4, -0.2) is 57.6 Å². The van der Waals surface area contributed by atoms with Gasteiger partial charge in [-0.15, -0.1) is 0 Å². The summed E-state index contributed by atoms with van der Waals surface area (Å²) in [4.78, 5) is 40.9. The molecule has 0 fully saturated rings. The maximum atomic E-state index is 13.1. The molecule has 1 aliphatic heterocycles. The minimum absolute atomic E-state index is 0.187. The molecule has 3 aromatic rings. The summed E-state index contributed by atoms with van der Waals surface area (Å²) in [6, 6.07) is 7.89. The van der Waals surface area contributed by atoms with Gasteiger partial charge in [-0.1, -0.05) is 15.9 Å². The third kappa shape index (κ3) is 4.49. The van der Waals surface area contributed by atoms with Crippen LogP contribution in [0.4, 0.5) is 0 Å². The zero-order valence-electron chi connectivity index (χ0n) is 17.1. The lowest BCUT2D eigenvalue weighted by Crippen LogP contribution is -2.37. The fourth-order valence-electron chi connectivity index (χ4n) is 3.55. The second-order valence-electron chi connectivity index (χ2n) is 7.22. The maximum Gasteiger partial charge on any atom is 0.255 e. The van der Waals surface area contributed by atoms with Crippen molar-refractivity contribution in [1.82, 2.24) is 29.7 Å². The summed E-state index contributed by atoms with van der Waals surface area (Å²) in [7, 11) is 3.46. The first-order valence-corrected chi connectivity index (χ1v) is 10.5. The summed E-state index contributed by atoms with van der Waals surface area (Å²) in [5.74, 6) is 0.641. The maximum absolute atomic E-state index is 13.1. The average Bonchev–Trinajstić information content (AvgIpc) is 2.93. The highest BCUT2D eigenvalue weighted by Gasteiger charge is 2.27. The molecule has 0 radical (unpaired) electrons. The highest BCUT2D eigenvalue weighted by Crippen LogP contribution is 2.25. The lowest BCUT2D eigenvalue weighted by Gasteiger charge is -2.22. The third-order valence-corrected chi connectivity index (χ3v) is 5.60. The van der Waals surface area contributed by atoms with Gasteiger partial charge in [0.15, 0.2) is 0 Å². The molecular formula is C21H21BrN6O3. The number of hydrogen-bond acceptors (Lipinski definition) is 7. The van der Waals surface area contributed by atoms with E-state index >= 15 is 0 Å². The molecule has 1 atom stereocenters. The van der Waals surface area contributed by atoms with Crippen molar-refractivity contribution in [3.63, 3.8) is 0 Å². The van der Waals surface area contributed by atoms with E-state index in [1.807, 2.05) is 7.05 Å². The number of benzene rings is 1. The number of carbonyl (C=O) groups excluding carboxylic acids is 1. The highest BCUT2D eigenvalue weighted by atomic mass is 79.9. The fourth-order valence-corrected chi connectivity index (χ4v) is 3.91. The van der Waals surface area contributed by atoms with Gasteiger partial charge in [-0.3, -0.25) is 14.2 Å². The zero-order chi connectivity index (χ0) is 22.0. The predicted octanol–water partition coefficient (Wildman–Crippen LogP) is 1.89. The quantitative estimate of drug-likeness (QED) is 0.602. The van der Waals surface area contributed by atoms with Crippen molar-refractivity contribution in [2.24, 2.45) is 0 Å². The van der Waals surface area contributed by atoms with Crippen LogP contribution in [0.25, 0.3) is 11.4 Å². The van der Waals surface area contributed by atoms with Gasteiger partial charge in [0.2, 0.25) is 0 Å². The molecule has 4 rings (SSSR count). The van der Waals surface area contributed by atoms with Crippen molar-refractivity contribution >= 4 is 21.8 Å². The molecule has 1 aromatic carbocycles. The van der Waals surface area contributed by atoms with Gasteiger partial charge >= 0.3 is 0 Å². The van der Waals surface area contributed by atoms with Crippen LogP contribution in [0.2, 0.25) is 0 Å². The Hall–Kier alpha value is -3.11. The van der Waals surface area contributed by atoms with Gasteiger partial charge in [0.05, 0.1) is 24.1 Å². The number of fused-ring (bicyclic) bond motifs is 1. The molecule has 0 bridgehead atoms. The number of ether oxygens (including phenoxy) is 1. The lowest BCUT2D eigenvalue weighted by molar-refractivity contribution is 0.0924. The van der Waals surface area contributed by atoms with Gasteiger partial charge in [-0.05, 0) is 31.3 Å². The summed E-state index contributed by atoms with van der Waals surface area (Å²) >= 11 is 3.40. The van der Waals surface area contributed by atoms with E-state index in [1.54, 1.807) is 35.0 Å². The molecule has 0 saturated carbocycles. The van der Waals surface area contributed by atoms with Crippen LogP contribution < -0.4 is 15.6 Å². The molecule has 1 aliphatic rings. The molecule has 1 unspecified atom stereocenters. The van der Waals surface area contributed by atoms with Crippen molar-refractivity contribution in [2.75, 3.05) is 27.2 Å². The molecule has 31 heavy (non-hydrogen) atoms. The van der Waals surface area contributed by atoms with E-state index < -0.39 is 6.04 Å². The monoisotopic (exact) mass is 484 g/mol. The Kier molecular flexibility index (Phi) is 6.10. The van der Waals surface area contributed by atoms with Crippen molar-refractivity contribution in [2.45, 2.75) is 12.6 Å². The predicted molar refractivity (Wildman–Crippen MR) is 118 cm³/mol. The number of methoxy groups -OCH3 is 1. The molecule has 1 N–H and O–H groups in total. The zero-order valence-corrected chi connectivity index (χ0v) is 18.7. The highest BCUT2D eigenvalue weighted by molar-refractivity contribution is 9.10. The Balaban J connectivity index is 1.75. The Morgan fingerprint density at radius 2 is 2.06 bits per heavy atom. The number of nitrogens with one attached hydrogen (secondary N) is 1. The van der Waals surface area contributed by atoms with E-state index in [9.17, 15) is 9.59 Å². The van der Waals surface area contributed by atoms with Crippen LogP contribution in [0.3, 0.4) is 0 Å². The van der Waals surface area contributed by atoms with E-state index in [4.69, 9.17) is 9.72 Å². The number of likely N-dealkylation sites (N-methyl/N-ethyl adjacent to an activating group) is 1. The molecule has 10 heteroatoms. The van der Waals surface area contributed by atoms with Crippen LogP contribution in [0.15, 0.2) is 52.1 Å². The van der Waals surface area contributed by atoms with E-state index in [-0.39, 0.29) is 11.5 Å². The van der Waals surface area contributed by atoms with E-state index in [2.05, 4.69) is 36.1 Å². The molecule has 3 heterocycles. The second-order valence-corrected chi connectivity index (χ2v) is 8.13. The van der Waals surface area contributed by atoms with Crippen LogP contribution in [-0.2, 0) is 6.54 Å². The van der Waals surface area contributed by atoms with E-state index in [0.717, 1.165) is 4.47 Å². The molecule has 0 spiro atoms. The summed E-state index contributed by atoms with van der Waals surface area (Å²) in [5.41, 5.74) is 1.20. The fraction of sp³-hybridized carbons (Fsp3) is 0.286. The van der Waals surface area contributed by atoms with Crippen molar-refractivity contribution in [1.29, 1.82) is 0 Å². The normalized spacial score (nSPS) is 16.3. The number of hydrogen-bond donors (Lipinski definition) is 1. The average molecular weight is 485 g/mol. The summed E-state index contributed by atoms with van der Waals surface area (Å²) in [6.07, 6.45) is 3.01. The number of amides is 1. The number of aromatic nitrogens is 4. The Bertz CT molecular complexity index is 1170. The van der Waals surface area contributed by atoms with Gasteiger partial charge < -0.3 is 15.0 Å². The summed E-state index contributed by atoms with van der Waals surface area (Å²) < 4.78 is 7.71. The molecule has 9 nitrogen and oxygen atoms in total. The van der Waals surface area contributed by atoms with Crippen LogP contribution in [0.5, 0.6) is 5.75 Å². The van der Waals surface area contributed by atoms with Crippen molar-refractivity contribution in [3.05, 3.63) is 69.1 Å². The van der Waals surface area contributed by atoms with Crippen LogP contribution in [0, 0.1) is 0 Å². The SMILES string of the molecule is COc1ccc(Br)cc1C(=O)NC1CN(C)CCn2c1nc(-c1ccncn1)cc2=O. The smallest absolute Gasteiger partial charge is 0.255 e. The first-order valence-electron chi connectivity index (χ1n) is 9.67. The topological polar surface area (TPSA) is 102 Å². The molecule has 0 aliphatic carbocycles. The van der Waals surface area contributed by atoms with Gasteiger partial charge in [-0.2, -0.15) is 0 Å². The molecule has 2 aromatic heterocycles. The van der Waals surface area contributed by atoms with Crippen LogP contribution in [0.1, 0.15) is 22.2 Å². The molecule has 1 amide bonds. The number of carbonyl (C=O) groups is 1. The van der Waals surface area contributed by atoms with Crippen molar-refractivity contribution < 1.29 is 9.53 Å². The van der Waals surface area contributed by atoms with Crippen LogP contribution >= 0.6 is 15.9 Å². The third-order valence-electron chi connectivity index (χ3n) is 5.10. The Labute approximate surface area is 187 Å². The first kappa shape index (κ1) is 21.1. The Morgan fingerprint density at radius 3 is 2.81 bits per heavy atom. The van der Waals surface area contributed by atoms with Gasteiger partial charge in [0.1, 0.15) is 23.9 Å². The summed E-state index contributed by atoms with van der Waals surface area (Å²) in [5, 5.41) is 3.03. The minimum Gasteiger partial charge on any atom is -0.496 e. The standard InChI is InChI=1S/C21H21BrN6O3/c1-27-7-8-28-19(29)10-16(15-5-6-23-12-24-15)25-20(28)17(11-27)26-21(30)14-9-13(22)3-4-18(14)31-2/h3-6,9-10,12,17H,7-8,11H2,1-2H3,(H,26,30). The Morgan fingerprint density at radius 1 is 1.23 bits per heavy atom. The largest absolute Gasteiger partial charge is 0.496 e. The minimum atomic E-state index is -0.502. The van der Waals surface area contributed by atoms with Gasteiger partial charge in [0, 0.05) is 36.4 Å². The number of halogens is 1. The van der Waals surface area contributed by atoms with Gasteiger partial charge in [0.25, 0.3) is 11.5 Å². The van der Waals surface area contributed by atoms with E-state index in [0.29, 0.717) is 48.2 Å².